The number of piperidine rings is 1. The molecule has 1 aliphatic heterocycles. The van der Waals surface area contributed by atoms with Gasteiger partial charge in [-0.15, -0.1) is 0 Å². The van der Waals surface area contributed by atoms with E-state index in [-0.39, 0.29) is 5.91 Å². The molecule has 1 aromatic carbocycles. The number of hydrogen-bond acceptors (Lipinski definition) is 2. The summed E-state index contributed by atoms with van der Waals surface area (Å²) in [5.41, 5.74) is 0.724. The lowest BCUT2D eigenvalue weighted by molar-refractivity contribution is 0.0912. The van der Waals surface area contributed by atoms with Crippen LogP contribution in [0.2, 0.25) is 0 Å². The molecule has 0 bridgehead atoms. The number of benzene rings is 1. The highest BCUT2D eigenvalue weighted by molar-refractivity contribution is 9.10. The number of nitrogens with zero attached hydrogens (tertiary/aromatic N) is 1. The van der Waals surface area contributed by atoms with Crippen LogP contribution < -0.4 is 5.32 Å². The number of halogens is 1. The van der Waals surface area contributed by atoms with Crippen LogP contribution in [0.3, 0.4) is 0 Å². The standard InChI is InChI=1S/C14H19BrN2O/c1-2-17-8-6-13(7-9-17)16-14(18)11-4-3-5-12(15)10-11/h3-5,10,13H,2,6-9H2,1H3,(H,16,18). The summed E-state index contributed by atoms with van der Waals surface area (Å²) in [7, 11) is 0. The Labute approximate surface area is 117 Å². The average molecular weight is 311 g/mol. The third-order valence-electron chi connectivity index (χ3n) is 3.46. The fourth-order valence-electron chi connectivity index (χ4n) is 2.29. The number of nitrogens with one attached hydrogen (secondary N) is 1. The largest absolute Gasteiger partial charge is 0.349 e. The van der Waals surface area contributed by atoms with Crippen molar-refractivity contribution in [2.45, 2.75) is 25.8 Å². The Morgan fingerprint density at radius 2 is 2.17 bits per heavy atom. The van der Waals surface area contributed by atoms with Crippen molar-refractivity contribution in [2.24, 2.45) is 0 Å². The van der Waals surface area contributed by atoms with Crippen molar-refractivity contribution in [3.63, 3.8) is 0 Å². The highest BCUT2D eigenvalue weighted by atomic mass is 79.9. The Balaban J connectivity index is 1.89. The van der Waals surface area contributed by atoms with E-state index in [9.17, 15) is 4.79 Å². The summed E-state index contributed by atoms with van der Waals surface area (Å²) in [6, 6.07) is 7.84. The van der Waals surface area contributed by atoms with Gasteiger partial charge in [0.05, 0.1) is 0 Å². The summed E-state index contributed by atoms with van der Waals surface area (Å²) in [5.74, 6) is 0.0336. The fourth-order valence-corrected chi connectivity index (χ4v) is 2.69. The summed E-state index contributed by atoms with van der Waals surface area (Å²) in [4.78, 5) is 14.5. The van der Waals surface area contributed by atoms with Crippen LogP contribution in [0.15, 0.2) is 28.7 Å². The van der Waals surface area contributed by atoms with Crippen molar-refractivity contribution in [3.05, 3.63) is 34.3 Å². The zero-order valence-electron chi connectivity index (χ0n) is 10.7. The van der Waals surface area contributed by atoms with E-state index in [1.807, 2.05) is 24.3 Å². The smallest absolute Gasteiger partial charge is 0.251 e. The van der Waals surface area contributed by atoms with Crippen molar-refractivity contribution in [3.8, 4) is 0 Å². The number of rotatable bonds is 3. The molecule has 1 fully saturated rings. The van der Waals surface area contributed by atoms with Crippen LogP contribution in [-0.2, 0) is 0 Å². The lowest BCUT2D eigenvalue weighted by Crippen LogP contribution is -2.44. The molecule has 0 unspecified atom stereocenters. The molecule has 1 aromatic rings. The average Bonchev–Trinajstić information content (AvgIpc) is 2.39. The van der Waals surface area contributed by atoms with E-state index in [1.54, 1.807) is 0 Å². The Kier molecular flexibility index (Phi) is 4.78. The van der Waals surface area contributed by atoms with Crippen LogP contribution in [0, 0.1) is 0 Å². The summed E-state index contributed by atoms with van der Waals surface area (Å²) in [6.45, 7) is 5.45. The van der Waals surface area contributed by atoms with Gasteiger partial charge in [-0.2, -0.15) is 0 Å². The molecule has 1 aliphatic rings. The lowest BCUT2D eigenvalue weighted by Gasteiger charge is -2.31. The summed E-state index contributed by atoms with van der Waals surface area (Å²) < 4.78 is 0.941. The minimum absolute atomic E-state index is 0.0336. The summed E-state index contributed by atoms with van der Waals surface area (Å²) in [5, 5.41) is 3.12. The highest BCUT2D eigenvalue weighted by Crippen LogP contribution is 2.14. The van der Waals surface area contributed by atoms with Gasteiger partial charge in [-0.05, 0) is 37.6 Å². The van der Waals surface area contributed by atoms with E-state index in [1.165, 1.54) is 0 Å². The fraction of sp³-hybridized carbons (Fsp3) is 0.500. The van der Waals surface area contributed by atoms with Gasteiger partial charge in [0.15, 0.2) is 0 Å². The first kappa shape index (κ1) is 13.6. The van der Waals surface area contributed by atoms with Gasteiger partial charge in [0.1, 0.15) is 0 Å². The Bertz CT molecular complexity index is 414. The third-order valence-corrected chi connectivity index (χ3v) is 3.95. The van der Waals surface area contributed by atoms with Gasteiger partial charge in [0.25, 0.3) is 5.91 Å². The molecule has 0 radical (unpaired) electrons. The van der Waals surface area contributed by atoms with E-state index >= 15 is 0 Å². The zero-order chi connectivity index (χ0) is 13.0. The molecule has 0 aliphatic carbocycles. The molecule has 0 saturated carbocycles. The molecular formula is C14H19BrN2O. The van der Waals surface area contributed by atoms with Crippen LogP contribution in [-0.4, -0.2) is 36.5 Å². The van der Waals surface area contributed by atoms with Crippen molar-refractivity contribution in [1.82, 2.24) is 10.2 Å². The summed E-state index contributed by atoms with van der Waals surface area (Å²) in [6.07, 6.45) is 2.10. The van der Waals surface area contributed by atoms with Crippen molar-refractivity contribution < 1.29 is 4.79 Å². The van der Waals surface area contributed by atoms with Gasteiger partial charge in [-0.1, -0.05) is 28.9 Å². The van der Waals surface area contributed by atoms with Crippen LogP contribution in [0.1, 0.15) is 30.1 Å². The number of carbonyl (C=O) groups excluding carboxylic acids is 1. The van der Waals surface area contributed by atoms with Crippen LogP contribution in [0.4, 0.5) is 0 Å². The highest BCUT2D eigenvalue weighted by Gasteiger charge is 2.20. The van der Waals surface area contributed by atoms with E-state index < -0.39 is 0 Å². The van der Waals surface area contributed by atoms with Gasteiger partial charge >= 0.3 is 0 Å². The van der Waals surface area contributed by atoms with E-state index in [4.69, 9.17) is 0 Å². The number of amides is 1. The van der Waals surface area contributed by atoms with Gasteiger partial charge in [0.2, 0.25) is 0 Å². The molecule has 3 nitrogen and oxygen atoms in total. The molecule has 4 heteroatoms. The molecule has 1 amide bonds. The maximum atomic E-state index is 12.1. The Morgan fingerprint density at radius 3 is 2.78 bits per heavy atom. The summed E-state index contributed by atoms with van der Waals surface area (Å²) >= 11 is 3.39. The van der Waals surface area contributed by atoms with Crippen molar-refractivity contribution in [2.75, 3.05) is 19.6 Å². The first-order valence-corrected chi connectivity index (χ1v) is 7.27. The molecule has 1 N–H and O–H groups in total. The Morgan fingerprint density at radius 1 is 1.44 bits per heavy atom. The number of hydrogen-bond donors (Lipinski definition) is 1. The predicted molar refractivity (Wildman–Crippen MR) is 76.7 cm³/mol. The van der Waals surface area contributed by atoms with Crippen LogP contribution in [0.5, 0.6) is 0 Å². The molecule has 2 rings (SSSR count). The molecule has 98 valence electrons. The molecule has 18 heavy (non-hydrogen) atoms. The van der Waals surface area contributed by atoms with Crippen LogP contribution >= 0.6 is 15.9 Å². The third kappa shape index (κ3) is 3.56. The normalized spacial score (nSPS) is 17.7. The van der Waals surface area contributed by atoms with E-state index in [2.05, 4.69) is 33.1 Å². The SMILES string of the molecule is CCN1CCC(NC(=O)c2cccc(Br)c2)CC1. The molecule has 1 heterocycles. The number of likely N-dealkylation sites (tertiary alicyclic amines) is 1. The van der Waals surface area contributed by atoms with Crippen molar-refractivity contribution in [1.29, 1.82) is 0 Å². The van der Waals surface area contributed by atoms with Crippen molar-refractivity contribution >= 4 is 21.8 Å². The first-order chi connectivity index (χ1) is 8.69. The maximum Gasteiger partial charge on any atom is 0.251 e. The number of carbonyl (C=O) groups is 1. The maximum absolute atomic E-state index is 12.1. The van der Waals surface area contributed by atoms with Crippen LogP contribution in [0.25, 0.3) is 0 Å². The topological polar surface area (TPSA) is 32.3 Å². The molecule has 0 aromatic heterocycles. The zero-order valence-corrected chi connectivity index (χ0v) is 12.2. The van der Waals surface area contributed by atoms with E-state index in [0.29, 0.717) is 6.04 Å². The minimum atomic E-state index is 0.0336. The quantitative estimate of drug-likeness (QED) is 0.931. The lowest BCUT2D eigenvalue weighted by atomic mass is 10.0. The minimum Gasteiger partial charge on any atom is -0.349 e. The second-order valence-electron chi connectivity index (χ2n) is 4.69. The monoisotopic (exact) mass is 310 g/mol. The first-order valence-electron chi connectivity index (χ1n) is 6.48. The Hall–Kier alpha value is -0.870. The van der Waals surface area contributed by atoms with Gasteiger partial charge < -0.3 is 10.2 Å². The van der Waals surface area contributed by atoms with Gasteiger partial charge in [-0.25, -0.2) is 0 Å². The molecule has 0 atom stereocenters. The second kappa shape index (κ2) is 6.34. The molecule has 0 spiro atoms. The van der Waals surface area contributed by atoms with Gasteiger partial charge in [0, 0.05) is 29.2 Å². The second-order valence-corrected chi connectivity index (χ2v) is 5.61. The van der Waals surface area contributed by atoms with E-state index in [0.717, 1.165) is 42.5 Å². The van der Waals surface area contributed by atoms with Gasteiger partial charge in [-0.3, -0.25) is 4.79 Å². The molecular weight excluding hydrogens is 292 g/mol. The molecule has 1 saturated heterocycles. The predicted octanol–water partition coefficient (Wildman–Crippen LogP) is 2.66.